The molecule has 0 aromatic carbocycles. The quantitative estimate of drug-likeness (QED) is 0.146. The first kappa shape index (κ1) is 24.2. The molecule has 12 heteroatoms. The molecule has 0 aliphatic carbocycles. The molecule has 0 saturated carbocycles. The topological polar surface area (TPSA) is 0 Å². The predicted molar refractivity (Wildman–Crippen MR) is 141 cm³/mol. The number of hydrogen-bond acceptors (Lipinski definition) is 12. The molecule has 132 valence electrons. The number of rotatable bonds is 14. The van der Waals surface area contributed by atoms with Gasteiger partial charge in [0.25, 0.3) is 0 Å². The molecule has 1 fully saturated rings. The molecule has 1 saturated heterocycles. The van der Waals surface area contributed by atoms with Gasteiger partial charge in [-0.2, -0.15) is 50.5 Å². The molecule has 0 amide bonds. The van der Waals surface area contributed by atoms with Crippen molar-refractivity contribution in [2.75, 3.05) is 36.3 Å². The van der Waals surface area contributed by atoms with E-state index >= 15 is 0 Å². The van der Waals surface area contributed by atoms with E-state index in [-0.39, 0.29) is 0 Å². The Morgan fingerprint density at radius 3 is 1.77 bits per heavy atom. The zero-order chi connectivity index (χ0) is 16.3. The van der Waals surface area contributed by atoms with Crippen molar-refractivity contribution in [3.63, 3.8) is 0 Å². The number of thioether (sulfide) groups is 8. The molecule has 0 N–H and O–H groups in total. The summed E-state index contributed by atoms with van der Waals surface area (Å²) < 4.78 is 1.44. The van der Waals surface area contributed by atoms with E-state index in [0.29, 0.717) is 12.6 Å². The van der Waals surface area contributed by atoms with Crippen LogP contribution in [0.15, 0.2) is 0 Å². The molecule has 1 unspecified atom stereocenters. The molecule has 0 radical (unpaired) electrons. The molecule has 0 bridgehead atoms. The average molecular weight is 525 g/mol. The van der Waals surface area contributed by atoms with Crippen LogP contribution in [0.5, 0.6) is 0 Å². The second-order valence-corrected chi connectivity index (χ2v) is 18.0. The van der Waals surface area contributed by atoms with E-state index in [2.05, 4.69) is 97.6 Å². The van der Waals surface area contributed by atoms with Crippen LogP contribution in [-0.2, 0) is 0 Å². The van der Waals surface area contributed by atoms with Crippen molar-refractivity contribution >= 4 is 145 Å². The SMILES string of the molecule is SCSCC1(SCSC(SCS)C(SCS)SCS)SCS1. The lowest BCUT2D eigenvalue weighted by Gasteiger charge is -2.39. The Balaban J connectivity index is 2.41. The van der Waals surface area contributed by atoms with Crippen LogP contribution in [0.1, 0.15) is 0 Å². The van der Waals surface area contributed by atoms with E-state index in [1.165, 1.54) is 10.8 Å². The van der Waals surface area contributed by atoms with E-state index in [1.807, 2.05) is 47.0 Å². The molecule has 0 aromatic heterocycles. The summed E-state index contributed by atoms with van der Waals surface area (Å²) in [4.78, 5) is 0. The minimum absolute atomic E-state index is 0.361. The molecular weight excluding hydrogens is 505 g/mol. The fourth-order valence-corrected chi connectivity index (χ4v) is 16.4. The van der Waals surface area contributed by atoms with Gasteiger partial charge in [0.1, 0.15) is 3.41 Å². The summed E-state index contributed by atoms with van der Waals surface area (Å²) >= 11 is 33.5. The van der Waals surface area contributed by atoms with Gasteiger partial charge in [0.2, 0.25) is 0 Å². The third-order valence-corrected chi connectivity index (χ3v) is 16.6. The largest absolute Gasteiger partial charge is 0.168 e. The van der Waals surface area contributed by atoms with E-state index in [4.69, 9.17) is 0 Å². The van der Waals surface area contributed by atoms with Crippen molar-refractivity contribution in [1.82, 2.24) is 0 Å². The maximum Gasteiger partial charge on any atom is 0.118 e. The molecule has 0 aromatic rings. The highest BCUT2D eigenvalue weighted by Gasteiger charge is 2.39. The maximum atomic E-state index is 4.41. The Bertz CT molecular complexity index is 267. The van der Waals surface area contributed by atoms with Gasteiger partial charge in [0.05, 0.1) is 9.16 Å². The van der Waals surface area contributed by atoms with Gasteiger partial charge < -0.3 is 0 Å². The van der Waals surface area contributed by atoms with Crippen LogP contribution >= 0.6 is 145 Å². The van der Waals surface area contributed by atoms with E-state index in [1.54, 1.807) is 0 Å². The van der Waals surface area contributed by atoms with E-state index in [0.717, 1.165) is 25.4 Å². The summed E-state index contributed by atoms with van der Waals surface area (Å²) in [6, 6.07) is 0. The van der Waals surface area contributed by atoms with Crippen LogP contribution in [-0.4, -0.2) is 48.8 Å². The van der Waals surface area contributed by atoms with Crippen molar-refractivity contribution in [3.05, 3.63) is 0 Å². The third-order valence-electron chi connectivity index (χ3n) is 2.38. The van der Waals surface area contributed by atoms with Crippen molar-refractivity contribution in [1.29, 1.82) is 0 Å². The Morgan fingerprint density at radius 2 is 1.36 bits per heavy atom. The van der Waals surface area contributed by atoms with Crippen LogP contribution in [0.3, 0.4) is 0 Å². The van der Waals surface area contributed by atoms with Gasteiger partial charge in [-0.15, -0.1) is 94.1 Å². The van der Waals surface area contributed by atoms with Crippen LogP contribution in [0.25, 0.3) is 0 Å². The van der Waals surface area contributed by atoms with Crippen LogP contribution in [0.2, 0.25) is 0 Å². The summed E-state index contributed by atoms with van der Waals surface area (Å²) in [6.07, 6.45) is 0. The van der Waals surface area contributed by atoms with Crippen molar-refractivity contribution in [2.24, 2.45) is 0 Å². The smallest absolute Gasteiger partial charge is 0.118 e. The van der Waals surface area contributed by atoms with Gasteiger partial charge >= 0.3 is 0 Å². The summed E-state index contributed by atoms with van der Waals surface area (Å²) in [7, 11) is 0. The van der Waals surface area contributed by atoms with Crippen LogP contribution in [0.4, 0.5) is 0 Å². The normalized spacial score (nSPS) is 18.4. The highest BCUT2D eigenvalue weighted by molar-refractivity contribution is 8.46. The number of hydrogen-bond donors (Lipinski definition) is 4. The summed E-state index contributed by atoms with van der Waals surface area (Å²) in [6.45, 7) is 0. The Morgan fingerprint density at radius 1 is 0.818 bits per heavy atom. The lowest BCUT2D eigenvalue weighted by Crippen LogP contribution is -2.28. The zero-order valence-corrected chi connectivity index (χ0v) is 21.8. The van der Waals surface area contributed by atoms with Crippen LogP contribution < -0.4 is 0 Å². The van der Waals surface area contributed by atoms with Gasteiger partial charge in [0, 0.05) is 36.3 Å². The van der Waals surface area contributed by atoms with Gasteiger partial charge in [-0.3, -0.25) is 0 Å². The van der Waals surface area contributed by atoms with Gasteiger partial charge in [-0.05, 0) is 0 Å². The molecule has 0 spiro atoms. The van der Waals surface area contributed by atoms with E-state index < -0.39 is 0 Å². The highest BCUT2D eigenvalue weighted by Crippen LogP contribution is 2.60. The fourth-order valence-electron chi connectivity index (χ4n) is 1.39. The Labute approximate surface area is 191 Å². The second kappa shape index (κ2) is 15.2. The second-order valence-electron chi connectivity index (χ2n) is 3.62. The molecular formula is C10H20S12. The minimum atomic E-state index is 0.361. The monoisotopic (exact) mass is 524 g/mol. The zero-order valence-electron chi connectivity index (χ0n) is 11.7. The van der Waals surface area contributed by atoms with Gasteiger partial charge in [-0.1, -0.05) is 0 Å². The van der Waals surface area contributed by atoms with Crippen LogP contribution in [0, 0.1) is 0 Å². The van der Waals surface area contributed by atoms with Gasteiger partial charge in [0.15, 0.2) is 0 Å². The molecule has 1 rings (SSSR count). The standard InChI is InChI=1S/C10H20S12/c11-2-15-1-10(21-7-22-10)20-6-19-9(18-5-14)8(16-3-12)17-4-13/h8-9,11-14H,1-7H2. The summed E-state index contributed by atoms with van der Waals surface area (Å²) in [5, 5.41) is 5.85. The fraction of sp³-hybridized carbons (Fsp3) is 1.00. The molecule has 1 aliphatic heterocycles. The number of thiol groups is 4. The molecule has 1 heterocycles. The Hall–Kier alpha value is 4.20. The third kappa shape index (κ3) is 9.41. The minimum Gasteiger partial charge on any atom is -0.168 e. The lowest BCUT2D eigenvalue weighted by molar-refractivity contribution is 1.33. The highest BCUT2D eigenvalue weighted by atomic mass is 32.3. The molecule has 1 atom stereocenters. The van der Waals surface area contributed by atoms with Crippen molar-refractivity contribution < 1.29 is 0 Å². The summed E-state index contributed by atoms with van der Waals surface area (Å²) in [5.41, 5.74) is 0. The lowest BCUT2D eigenvalue weighted by atomic mass is 10.9. The van der Waals surface area contributed by atoms with Crippen molar-refractivity contribution in [2.45, 2.75) is 12.6 Å². The van der Waals surface area contributed by atoms with Gasteiger partial charge in [-0.25, -0.2) is 0 Å². The predicted octanol–water partition coefficient (Wildman–Crippen LogP) is 6.64. The first-order valence-corrected chi connectivity index (χ1v) is 16.9. The first-order valence-electron chi connectivity index (χ1n) is 6.11. The maximum absolute atomic E-state index is 4.41. The van der Waals surface area contributed by atoms with E-state index in [9.17, 15) is 0 Å². The molecule has 1 aliphatic rings. The van der Waals surface area contributed by atoms with Crippen molar-refractivity contribution in [3.8, 4) is 0 Å². The molecule has 22 heavy (non-hydrogen) atoms. The average Bonchev–Trinajstić information content (AvgIpc) is 2.48. The Kier molecular flexibility index (Phi) is 16.7. The first-order chi connectivity index (χ1) is 10.7. The molecule has 0 nitrogen and oxygen atoms in total. The summed E-state index contributed by atoms with van der Waals surface area (Å²) in [5.74, 6) is 1.18.